The molecular weight excluding hydrogens is 221 g/mol. The first-order valence-corrected chi connectivity index (χ1v) is 4.71. The molecule has 0 atom stereocenters. The number of benzene rings is 1. The van der Waals surface area contributed by atoms with Crippen LogP contribution >= 0.6 is 11.6 Å². The van der Waals surface area contributed by atoms with Crippen molar-refractivity contribution in [3.05, 3.63) is 34.6 Å². The van der Waals surface area contributed by atoms with E-state index in [1.807, 2.05) is 0 Å². The van der Waals surface area contributed by atoms with Crippen molar-refractivity contribution >= 4 is 17.5 Å². The second-order valence-corrected chi connectivity index (χ2v) is 3.37. The zero-order chi connectivity index (χ0) is 11.3. The van der Waals surface area contributed by atoms with Crippen molar-refractivity contribution in [3.8, 4) is 0 Å². The highest BCUT2D eigenvalue weighted by molar-refractivity contribution is 6.30. The fraction of sp³-hybridized carbons (Fsp3) is 0.300. The first-order valence-electron chi connectivity index (χ1n) is 4.33. The number of hydrogen-bond acceptors (Lipinski definition) is 2. The minimum absolute atomic E-state index is 0.00886. The molecule has 1 rings (SSSR count). The van der Waals surface area contributed by atoms with E-state index in [1.54, 1.807) is 6.07 Å². The predicted octanol–water partition coefficient (Wildman–Crippen LogP) is 1.74. The van der Waals surface area contributed by atoms with E-state index < -0.39 is 5.82 Å². The van der Waals surface area contributed by atoms with Crippen LogP contribution in [0.15, 0.2) is 18.2 Å². The molecule has 5 heteroatoms. The molecule has 15 heavy (non-hydrogen) atoms. The third-order valence-electron chi connectivity index (χ3n) is 1.75. The summed E-state index contributed by atoms with van der Waals surface area (Å²) in [6, 6.07) is 4.30. The van der Waals surface area contributed by atoms with E-state index in [-0.39, 0.29) is 17.5 Å². The third kappa shape index (κ3) is 3.85. The molecule has 0 fully saturated rings. The second kappa shape index (κ2) is 5.68. The molecule has 0 aliphatic carbocycles. The molecular formula is C10H11ClFNO2. The lowest BCUT2D eigenvalue weighted by molar-refractivity contribution is -0.124. The van der Waals surface area contributed by atoms with Gasteiger partial charge < -0.3 is 10.1 Å². The summed E-state index contributed by atoms with van der Waals surface area (Å²) in [5.41, 5.74) is 0.742. The van der Waals surface area contributed by atoms with Crippen LogP contribution in [0.25, 0.3) is 0 Å². The fourth-order valence-corrected chi connectivity index (χ4v) is 1.24. The van der Waals surface area contributed by atoms with E-state index in [4.69, 9.17) is 11.6 Å². The van der Waals surface area contributed by atoms with Crippen LogP contribution in [0, 0.1) is 5.82 Å². The first kappa shape index (κ1) is 11.9. The van der Waals surface area contributed by atoms with E-state index in [0.717, 1.165) is 5.56 Å². The Bertz CT molecular complexity index is 357. The van der Waals surface area contributed by atoms with Crippen LogP contribution < -0.4 is 5.32 Å². The van der Waals surface area contributed by atoms with Gasteiger partial charge in [-0.05, 0) is 17.7 Å². The molecule has 1 amide bonds. The van der Waals surface area contributed by atoms with Crippen LogP contribution in [0.4, 0.5) is 4.39 Å². The highest BCUT2D eigenvalue weighted by Crippen LogP contribution is 2.15. The number of amides is 1. The molecule has 0 radical (unpaired) electrons. The lowest BCUT2D eigenvalue weighted by Crippen LogP contribution is -2.26. The maximum atomic E-state index is 12.8. The van der Waals surface area contributed by atoms with E-state index in [0.29, 0.717) is 6.54 Å². The first-order chi connectivity index (χ1) is 7.13. The topological polar surface area (TPSA) is 38.3 Å². The molecule has 0 aliphatic rings. The van der Waals surface area contributed by atoms with Gasteiger partial charge in [0.05, 0.1) is 5.02 Å². The van der Waals surface area contributed by atoms with E-state index >= 15 is 0 Å². The van der Waals surface area contributed by atoms with E-state index in [9.17, 15) is 9.18 Å². The number of halogens is 2. The molecule has 0 saturated heterocycles. The molecule has 0 saturated carbocycles. The summed E-state index contributed by atoms with van der Waals surface area (Å²) in [4.78, 5) is 11.0. The fourth-order valence-electron chi connectivity index (χ4n) is 1.03. The molecule has 0 aromatic heterocycles. The van der Waals surface area contributed by atoms with Crippen LogP contribution in [0.3, 0.4) is 0 Å². The molecule has 0 unspecified atom stereocenters. The molecule has 1 aromatic rings. The van der Waals surface area contributed by atoms with Gasteiger partial charge in [0, 0.05) is 13.7 Å². The molecule has 0 bridgehead atoms. The van der Waals surface area contributed by atoms with Crippen LogP contribution in [0.1, 0.15) is 5.56 Å². The van der Waals surface area contributed by atoms with Gasteiger partial charge in [-0.1, -0.05) is 17.7 Å². The minimum atomic E-state index is -0.469. The number of hydrogen-bond donors (Lipinski definition) is 1. The van der Waals surface area contributed by atoms with Gasteiger partial charge in [-0.3, -0.25) is 4.79 Å². The monoisotopic (exact) mass is 231 g/mol. The summed E-state index contributed by atoms with van der Waals surface area (Å²) in [7, 11) is 1.44. The number of nitrogens with one attached hydrogen (secondary N) is 1. The smallest absolute Gasteiger partial charge is 0.246 e. The van der Waals surface area contributed by atoms with Crippen LogP contribution in [0.2, 0.25) is 5.02 Å². The van der Waals surface area contributed by atoms with Gasteiger partial charge in [0.25, 0.3) is 0 Å². The van der Waals surface area contributed by atoms with Gasteiger partial charge in [-0.2, -0.15) is 0 Å². The zero-order valence-corrected chi connectivity index (χ0v) is 8.97. The van der Waals surface area contributed by atoms with Gasteiger partial charge in [-0.25, -0.2) is 4.39 Å². The maximum Gasteiger partial charge on any atom is 0.246 e. The summed E-state index contributed by atoms with van der Waals surface area (Å²) in [5, 5.41) is 2.65. The minimum Gasteiger partial charge on any atom is -0.375 e. The predicted molar refractivity (Wildman–Crippen MR) is 55.1 cm³/mol. The standard InChI is InChI=1S/C10H11ClFNO2/c1-15-6-10(14)13-5-7-2-3-9(12)8(11)4-7/h2-4H,5-6H2,1H3,(H,13,14). The molecule has 3 nitrogen and oxygen atoms in total. The number of ether oxygens (including phenoxy) is 1. The van der Waals surface area contributed by atoms with E-state index in [1.165, 1.54) is 19.2 Å². The molecule has 82 valence electrons. The largest absolute Gasteiger partial charge is 0.375 e. The maximum absolute atomic E-state index is 12.8. The van der Waals surface area contributed by atoms with Crippen molar-refractivity contribution < 1.29 is 13.9 Å². The zero-order valence-electron chi connectivity index (χ0n) is 8.22. The number of methoxy groups -OCH3 is 1. The van der Waals surface area contributed by atoms with Crippen molar-refractivity contribution in [2.24, 2.45) is 0 Å². The molecule has 0 spiro atoms. The van der Waals surface area contributed by atoms with Gasteiger partial charge in [-0.15, -0.1) is 0 Å². The Hall–Kier alpha value is -1.13. The molecule has 0 aliphatic heterocycles. The summed E-state index contributed by atoms with van der Waals surface area (Å²) >= 11 is 5.58. The highest BCUT2D eigenvalue weighted by atomic mass is 35.5. The molecule has 0 heterocycles. The SMILES string of the molecule is COCC(=O)NCc1ccc(F)c(Cl)c1. The lowest BCUT2D eigenvalue weighted by Gasteiger charge is -2.05. The Balaban J connectivity index is 2.51. The Morgan fingerprint density at radius 2 is 2.33 bits per heavy atom. The Kier molecular flexibility index (Phi) is 4.52. The van der Waals surface area contributed by atoms with Gasteiger partial charge in [0.2, 0.25) is 5.91 Å². The quantitative estimate of drug-likeness (QED) is 0.857. The van der Waals surface area contributed by atoms with E-state index in [2.05, 4.69) is 10.1 Å². The normalized spacial score (nSPS) is 10.1. The van der Waals surface area contributed by atoms with Crippen molar-refractivity contribution in [1.82, 2.24) is 5.32 Å². The van der Waals surface area contributed by atoms with Gasteiger partial charge >= 0.3 is 0 Å². The second-order valence-electron chi connectivity index (χ2n) is 2.96. The molecule has 1 N–H and O–H groups in total. The summed E-state index contributed by atoms with van der Waals surface area (Å²) in [6.07, 6.45) is 0. The van der Waals surface area contributed by atoms with Crippen molar-refractivity contribution in [1.29, 1.82) is 0 Å². The van der Waals surface area contributed by atoms with Crippen molar-refractivity contribution in [2.45, 2.75) is 6.54 Å². The summed E-state index contributed by atoms with van der Waals surface area (Å²) in [5.74, 6) is -0.693. The third-order valence-corrected chi connectivity index (χ3v) is 2.04. The van der Waals surface area contributed by atoms with Crippen molar-refractivity contribution in [3.63, 3.8) is 0 Å². The van der Waals surface area contributed by atoms with Gasteiger partial charge in [0.15, 0.2) is 0 Å². The number of carbonyl (C=O) groups excluding carboxylic acids is 1. The lowest BCUT2D eigenvalue weighted by atomic mass is 10.2. The van der Waals surface area contributed by atoms with Gasteiger partial charge in [0.1, 0.15) is 12.4 Å². The van der Waals surface area contributed by atoms with Crippen molar-refractivity contribution in [2.75, 3.05) is 13.7 Å². The summed E-state index contributed by atoms with van der Waals surface area (Å²) in [6.45, 7) is 0.317. The Labute approximate surface area is 92.2 Å². The van der Waals surface area contributed by atoms with Crippen LogP contribution in [0.5, 0.6) is 0 Å². The average Bonchev–Trinajstić information content (AvgIpc) is 2.20. The Morgan fingerprint density at radius 3 is 2.93 bits per heavy atom. The number of carbonyl (C=O) groups is 1. The van der Waals surface area contributed by atoms with Crippen LogP contribution in [-0.2, 0) is 16.1 Å². The van der Waals surface area contributed by atoms with Crippen LogP contribution in [-0.4, -0.2) is 19.6 Å². The Morgan fingerprint density at radius 1 is 1.60 bits per heavy atom. The summed E-state index contributed by atoms with van der Waals surface area (Å²) < 4.78 is 17.4. The number of rotatable bonds is 4. The molecule has 1 aromatic carbocycles. The average molecular weight is 232 g/mol. The highest BCUT2D eigenvalue weighted by Gasteiger charge is 2.03.